The first-order valence-corrected chi connectivity index (χ1v) is 3.27. The van der Waals surface area contributed by atoms with Crippen LogP contribution in [0, 0.1) is 5.92 Å². The van der Waals surface area contributed by atoms with Crippen molar-refractivity contribution in [3.63, 3.8) is 0 Å². The highest BCUT2D eigenvalue weighted by Gasteiger charge is 2.41. The van der Waals surface area contributed by atoms with Crippen LogP contribution in [0.4, 0.5) is 0 Å². The second kappa shape index (κ2) is 2.80. The maximum atomic E-state index is 10.6. The molecule has 6 nitrogen and oxygen atoms in total. The summed E-state index contributed by atoms with van der Waals surface area (Å²) in [5.41, 5.74) is 0. The van der Waals surface area contributed by atoms with Gasteiger partial charge in [0.1, 0.15) is 6.04 Å². The topological polar surface area (TPSA) is 104 Å². The normalized spacial score (nSPS) is 28.2. The number of amides is 1. The largest absolute Gasteiger partial charge is 0.481 e. The molecule has 1 rings (SSSR count). The van der Waals surface area contributed by atoms with E-state index in [1.807, 2.05) is 0 Å². The molecule has 0 spiro atoms. The molecule has 3 N–H and O–H groups in total. The van der Waals surface area contributed by atoms with Crippen LogP contribution in [0.15, 0.2) is 0 Å². The molecule has 1 heterocycles. The van der Waals surface area contributed by atoms with Crippen molar-refractivity contribution in [2.24, 2.45) is 5.92 Å². The summed E-state index contributed by atoms with van der Waals surface area (Å²) in [5.74, 6) is -4.25. The summed E-state index contributed by atoms with van der Waals surface area (Å²) in [6.07, 6.45) is -0.258. The molecule has 0 aromatic rings. The molecule has 2 atom stereocenters. The van der Waals surface area contributed by atoms with Gasteiger partial charge in [-0.1, -0.05) is 0 Å². The molecule has 1 fully saturated rings. The van der Waals surface area contributed by atoms with Gasteiger partial charge in [-0.25, -0.2) is 4.79 Å². The number of hydrogen-bond donors (Lipinski definition) is 3. The van der Waals surface area contributed by atoms with Crippen LogP contribution in [0.3, 0.4) is 0 Å². The number of aliphatic carboxylic acids is 2. The number of carbonyl (C=O) groups excluding carboxylic acids is 1. The molecule has 1 amide bonds. The van der Waals surface area contributed by atoms with E-state index < -0.39 is 29.8 Å². The zero-order chi connectivity index (χ0) is 9.30. The Balaban J connectivity index is 2.79. The average Bonchev–Trinajstić information content (AvgIpc) is 2.31. The SMILES string of the molecule is O=C1CC(C(=O)O)[C@@H](C(=O)O)N1. The van der Waals surface area contributed by atoms with Crippen molar-refractivity contribution in [3.8, 4) is 0 Å². The minimum Gasteiger partial charge on any atom is -0.481 e. The van der Waals surface area contributed by atoms with Crippen molar-refractivity contribution < 1.29 is 24.6 Å². The van der Waals surface area contributed by atoms with Crippen LogP contribution in [-0.4, -0.2) is 34.1 Å². The van der Waals surface area contributed by atoms with E-state index in [-0.39, 0.29) is 6.42 Å². The van der Waals surface area contributed by atoms with Crippen LogP contribution < -0.4 is 5.32 Å². The maximum Gasteiger partial charge on any atom is 0.327 e. The van der Waals surface area contributed by atoms with E-state index in [1.54, 1.807) is 0 Å². The van der Waals surface area contributed by atoms with E-state index >= 15 is 0 Å². The van der Waals surface area contributed by atoms with E-state index in [4.69, 9.17) is 10.2 Å². The summed E-state index contributed by atoms with van der Waals surface area (Å²) < 4.78 is 0. The summed E-state index contributed by atoms with van der Waals surface area (Å²) >= 11 is 0. The molecule has 1 aliphatic heterocycles. The third-order valence-electron chi connectivity index (χ3n) is 1.71. The summed E-state index contributed by atoms with van der Waals surface area (Å²) in [6.45, 7) is 0. The lowest BCUT2D eigenvalue weighted by atomic mass is 10.0. The van der Waals surface area contributed by atoms with Gasteiger partial charge in [0.15, 0.2) is 0 Å². The van der Waals surface area contributed by atoms with E-state index in [0.29, 0.717) is 0 Å². The monoisotopic (exact) mass is 173 g/mol. The molecule has 0 radical (unpaired) electrons. The Morgan fingerprint density at radius 3 is 2.25 bits per heavy atom. The molecule has 0 aromatic carbocycles. The van der Waals surface area contributed by atoms with Gasteiger partial charge in [-0.15, -0.1) is 0 Å². The Bertz CT molecular complexity index is 224. The molecule has 0 aromatic heterocycles. The first-order chi connectivity index (χ1) is 5.52. The number of nitrogens with one attached hydrogen (secondary N) is 1. The summed E-state index contributed by atoms with van der Waals surface area (Å²) in [5, 5.41) is 19.0. The second-order valence-electron chi connectivity index (χ2n) is 2.53. The molecular weight excluding hydrogens is 166 g/mol. The molecule has 6 heteroatoms. The number of hydrogen-bond acceptors (Lipinski definition) is 3. The van der Waals surface area contributed by atoms with Crippen LogP contribution >= 0.6 is 0 Å². The van der Waals surface area contributed by atoms with Crippen molar-refractivity contribution in [2.75, 3.05) is 0 Å². The van der Waals surface area contributed by atoms with Gasteiger partial charge in [-0.05, 0) is 0 Å². The Labute approximate surface area is 67.2 Å². The van der Waals surface area contributed by atoms with Gasteiger partial charge >= 0.3 is 11.9 Å². The fourth-order valence-corrected chi connectivity index (χ4v) is 1.11. The first-order valence-electron chi connectivity index (χ1n) is 3.27. The smallest absolute Gasteiger partial charge is 0.327 e. The molecule has 0 aliphatic carbocycles. The fourth-order valence-electron chi connectivity index (χ4n) is 1.11. The minimum atomic E-state index is -1.31. The zero-order valence-electron chi connectivity index (χ0n) is 5.98. The van der Waals surface area contributed by atoms with Crippen molar-refractivity contribution in [2.45, 2.75) is 12.5 Å². The molecule has 0 bridgehead atoms. The standard InChI is InChI=1S/C6H7NO5/c8-3-1-2(5(9)10)4(7-3)6(11)12/h2,4H,1H2,(H,7,8)(H,9,10)(H,11,12)/t2?,4-/m0/s1. The molecule has 12 heavy (non-hydrogen) atoms. The Morgan fingerprint density at radius 2 is 1.92 bits per heavy atom. The number of carboxylic acid groups (broad SMARTS) is 2. The summed E-state index contributed by atoms with van der Waals surface area (Å²) in [4.78, 5) is 31.4. The summed E-state index contributed by atoms with van der Waals surface area (Å²) in [7, 11) is 0. The quantitative estimate of drug-likeness (QED) is 0.479. The molecular formula is C6H7NO5. The molecule has 0 saturated carbocycles. The highest BCUT2D eigenvalue weighted by atomic mass is 16.4. The summed E-state index contributed by atoms with van der Waals surface area (Å²) in [6, 6.07) is -1.28. The van der Waals surface area contributed by atoms with E-state index in [2.05, 4.69) is 5.32 Å². The second-order valence-corrected chi connectivity index (χ2v) is 2.53. The van der Waals surface area contributed by atoms with Crippen LogP contribution in [0.5, 0.6) is 0 Å². The zero-order valence-corrected chi connectivity index (χ0v) is 5.98. The average molecular weight is 173 g/mol. The van der Waals surface area contributed by atoms with Crippen LogP contribution in [0.1, 0.15) is 6.42 Å². The van der Waals surface area contributed by atoms with Crippen LogP contribution in [0.25, 0.3) is 0 Å². The van der Waals surface area contributed by atoms with Gasteiger partial charge in [0.25, 0.3) is 0 Å². The highest BCUT2D eigenvalue weighted by Crippen LogP contribution is 2.16. The fraction of sp³-hybridized carbons (Fsp3) is 0.500. The van der Waals surface area contributed by atoms with Gasteiger partial charge in [-0.2, -0.15) is 0 Å². The number of carbonyl (C=O) groups is 3. The lowest BCUT2D eigenvalue weighted by Crippen LogP contribution is -2.39. The van der Waals surface area contributed by atoms with Crippen molar-refractivity contribution in [3.05, 3.63) is 0 Å². The predicted octanol–water partition coefficient (Wildman–Crippen LogP) is -1.34. The molecule has 1 aliphatic rings. The Morgan fingerprint density at radius 1 is 1.33 bits per heavy atom. The van der Waals surface area contributed by atoms with Crippen molar-refractivity contribution in [1.29, 1.82) is 0 Å². The predicted molar refractivity (Wildman–Crippen MR) is 35.3 cm³/mol. The van der Waals surface area contributed by atoms with Crippen molar-refractivity contribution >= 4 is 17.8 Å². The van der Waals surface area contributed by atoms with Gasteiger partial charge in [0.2, 0.25) is 5.91 Å². The molecule has 1 saturated heterocycles. The van der Waals surface area contributed by atoms with E-state index in [9.17, 15) is 14.4 Å². The van der Waals surface area contributed by atoms with Gasteiger partial charge in [-0.3, -0.25) is 9.59 Å². The lowest BCUT2D eigenvalue weighted by Gasteiger charge is -2.08. The molecule has 66 valence electrons. The Hall–Kier alpha value is -1.59. The van der Waals surface area contributed by atoms with Crippen molar-refractivity contribution in [1.82, 2.24) is 5.32 Å². The van der Waals surface area contributed by atoms with Gasteiger partial charge in [0.05, 0.1) is 5.92 Å². The Kier molecular flexibility index (Phi) is 1.99. The van der Waals surface area contributed by atoms with E-state index in [1.165, 1.54) is 0 Å². The maximum absolute atomic E-state index is 10.6. The number of rotatable bonds is 2. The van der Waals surface area contributed by atoms with Gasteiger partial charge < -0.3 is 15.5 Å². The minimum absolute atomic E-state index is 0.258. The van der Waals surface area contributed by atoms with E-state index in [0.717, 1.165) is 0 Å². The van der Waals surface area contributed by atoms with Gasteiger partial charge in [0, 0.05) is 6.42 Å². The van der Waals surface area contributed by atoms with Crippen LogP contribution in [0.2, 0.25) is 0 Å². The molecule has 1 unspecified atom stereocenters. The third kappa shape index (κ3) is 1.36. The van der Waals surface area contributed by atoms with Crippen LogP contribution in [-0.2, 0) is 14.4 Å². The highest BCUT2D eigenvalue weighted by molar-refractivity contribution is 5.94. The number of carboxylic acids is 2. The first kappa shape index (κ1) is 8.51. The third-order valence-corrected chi connectivity index (χ3v) is 1.71. The lowest BCUT2D eigenvalue weighted by molar-refractivity contribution is -0.149.